The van der Waals surface area contributed by atoms with Crippen LogP contribution in [0.3, 0.4) is 0 Å². The fraction of sp³-hybridized carbons (Fsp3) is 0.111. The highest BCUT2D eigenvalue weighted by atomic mass is 16.2. The lowest BCUT2D eigenvalue weighted by atomic mass is 10.4. The first kappa shape index (κ1) is 9.72. The standard InChI is InChI=1S/C9H12O2/c10-8-6-4-2-1-3-5-7-9-11/h1-8,10-11H,9H2/b3-1?,4-2?,7-5?,8-6+. The van der Waals surface area contributed by atoms with E-state index in [1.807, 2.05) is 0 Å². The molecule has 0 rings (SSSR count). The molecule has 2 heteroatoms. The van der Waals surface area contributed by atoms with Crippen LogP contribution >= 0.6 is 0 Å². The molecule has 0 heterocycles. The molecule has 0 bridgehead atoms. The molecule has 0 radical (unpaired) electrons. The molecule has 0 fully saturated rings. The van der Waals surface area contributed by atoms with E-state index in [0.717, 1.165) is 6.26 Å². The Kier molecular flexibility index (Phi) is 7.71. The maximum absolute atomic E-state index is 8.32. The van der Waals surface area contributed by atoms with Crippen LogP contribution in [0.15, 0.2) is 48.8 Å². The molecule has 60 valence electrons. The van der Waals surface area contributed by atoms with Crippen LogP contribution in [0.1, 0.15) is 0 Å². The second-order valence-electron chi connectivity index (χ2n) is 1.72. The van der Waals surface area contributed by atoms with Gasteiger partial charge in [-0.15, -0.1) is 0 Å². The van der Waals surface area contributed by atoms with Crippen molar-refractivity contribution in [3.05, 3.63) is 48.8 Å². The zero-order valence-electron chi connectivity index (χ0n) is 6.22. The molecule has 0 aliphatic carbocycles. The van der Waals surface area contributed by atoms with Crippen molar-refractivity contribution in [3.63, 3.8) is 0 Å². The molecule has 2 nitrogen and oxygen atoms in total. The molecule has 0 saturated carbocycles. The first-order chi connectivity index (χ1) is 5.41. The van der Waals surface area contributed by atoms with Crippen LogP contribution in [0, 0.1) is 0 Å². The van der Waals surface area contributed by atoms with Gasteiger partial charge in [0.2, 0.25) is 0 Å². The Bertz CT molecular complexity index is 176. The lowest BCUT2D eigenvalue weighted by Crippen LogP contribution is -1.66. The normalized spacial score (nSPS) is 13.2. The summed E-state index contributed by atoms with van der Waals surface area (Å²) in [4.78, 5) is 0. The van der Waals surface area contributed by atoms with Crippen LogP contribution in [0.4, 0.5) is 0 Å². The van der Waals surface area contributed by atoms with Crippen molar-refractivity contribution in [3.8, 4) is 0 Å². The maximum Gasteiger partial charge on any atom is 0.0791 e. The van der Waals surface area contributed by atoms with E-state index in [0.29, 0.717) is 0 Å². The molecule has 0 atom stereocenters. The molecule has 0 aliphatic heterocycles. The average Bonchev–Trinajstić information content (AvgIpc) is 2.03. The summed E-state index contributed by atoms with van der Waals surface area (Å²) in [5.74, 6) is 0. The van der Waals surface area contributed by atoms with Gasteiger partial charge < -0.3 is 10.2 Å². The Morgan fingerprint density at radius 3 is 1.91 bits per heavy atom. The van der Waals surface area contributed by atoms with Gasteiger partial charge in [-0.3, -0.25) is 0 Å². The SMILES string of the molecule is O/C=C/C=CC=CC=CCO. The second kappa shape index (κ2) is 8.72. The molecule has 11 heavy (non-hydrogen) atoms. The molecule has 0 aromatic carbocycles. The quantitative estimate of drug-likeness (QED) is 0.475. The topological polar surface area (TPSA) is 40.5 Å². The third-order valence-corrected chi connectivity index (χ3v) is 0.883. The number of hydrogen-bond acceptors (Lipinski definition) is 2. The van der Waals surface area contributed by atoms with E-state index in [-0.39, 0.29) is 6.61 Å². The van der Waals surface area contributed by atoms with E-state index < -0.39 is 0 Å². The third kappa shape index (κ3) is 8.72. The molecule has 0 amide bonds. The second-order valence-corrected chi connectivity index (χ2v) is 1.72. The number of aliphatic hydroxyl groups is 2. The molecular weight excluding hydrogens is 140 g/mol. The Morgan fingerprint density at radius 2 is 1.36 bits per heavy atom. The Morgan fingerprint density at radius 1 is 0.818 bits per heavy atom. The summed E-state index contributed by atoms with van der Waals surface area (Å²) in [6.07, 6.45) is 12.9. The van der Waals surface area contributed by atoms with Crippen molar-refractivity contribution < 1.29 is 10.2 Å². The minimum atomic E-state index is 0.0601. The first-order valence-corrected chi connectivity index (χ1v) is 3.32. The number of aliphatic hydroxyl groups excluding tert-OH is 2. The van der Waals surface area contributed by atoms with Gasteiger partial charge in [0.15, 0.2) is 0 Å². The third-order valence-electron chi connectivity index (χ3n) is 0.883. The minimum Gasteiger partial charge on any atom is -0.516 e. The molecule has 0 unspecified atom stereocenters. The van der Waals surface area contributed by atoms with Crippen molar-refractivity contribution in [1.82, 2.24) is 0 Å². The zero-order valence-corrected chi connectivity index (χ0v) is 6.22. The van der Waals surface area contributed by atoms with Crippen LogP contribution in [0.25, 0.3) is 0 Å². The van der Waals surface area contributed by atoms with Crippen molar-refractivity contribution in [2.75, 3.05) is 6.61 Å². The van der Waals surface area contributed by atoms with Crippen LogP contribution in [-0.4, -0.2) is 16.8 Å². The van der Waals surface area contributed by atoms with Crippen LogP contribution in [0.2, 0.25) is 0 Å². The Balaban J connectivity index is 3.51. The predicted octanol–water partition coefficient (Wildman–Crippen LogP) is 1.72. The highest BCUT2D eigenvalue weighted by Crippen LogP contribution is 1.80. The number of allylic oxidation sites excluding steroid dienone is 6. The maximum atomic E-state index is 8.32. The highest BCUT2D eigenvalue weighted by Gasteiger charge is 1.62. The largest absolute Gasteiger partial charge is 0.516 e. The fourth-order valence-corrected chi connectivity index (χ4v) is 0.446. The van der Waals surface area contributed by atoms with Gasteiger partial charge in [-0.05, 0) is 6.08 Å². The van der Waals surface area contributed by atoms with Gasteiger partial charge in [-0.1, -0.05) is 36.5 Å². The lowest BCUT2D eigenvalue weighted by Gasteiger charge is -1.74. The van der Waals surface area contributed by atoms with E-state index in [1.54, 1.807) is 36.5 Å². The van der Waals surface area contributed by atoms with E-state index in [2.05, 4.69) is 0 Å². The summed E-state index contributed by atoms with van der Waals surface area (Å²) in [5.41, 5.74) is 0. The smallest absolute Gasteiger partial charge is 0.0791 e. The summed E-state index contributed by atoms with van der Waals surface area (Å²) in [6.45, 7) is 0.0601. The molecule has 0 aliphatic rings. The van der Waals surface area contributed by atoms with Crippen molar-refractivity contribution in [2.45, 2.75) is 0 Å². The van der Waals surface area contributed by atoms with Crippen LogP contribution < -0.4 is 0 Å². The summed E-state index contributed by atoms with van der Waals surface area (Å²) in [6, 6.07) is 0. The molecular formula is C9H12O2. The summed E-state index contributed by atoms with van der Waals surface area (Å²) in [7, 11) is 0. The molecule has 2 N–H and O–H groups in total. The van der Waals surface area contributed by atoms with Gasteiger partial charge in [0.05, 0.1) is 12.9 Å². The summed E-state index contributed by atoms with van der Waals surface area (Å²) in [5, 5.41) is 16.5. The highest BCUT2D eigenvalue weighted by molar-refractivity contribution is 5.14. The van der Waals surface area contributed by atoms with Gasteiger partial charge in [-0.2, -0.15) is 0 Å². The Labute approximate surface area is 66.5 Å². The van der Waals surface area contributed by atoms with Gasteiger partial charge in [0.25, 0.3) is 0 Å². The van der Waals surface area contributed by atoms with E-state index in [1.165, 1.54) is 6.08 Å². The van der Waals surface area contributed by atoms with Gasteiger partial charge in [0, 0.05) is 0 Å². The van der Waals surface area contributed by atoms with E-state index in [4.69, 9.17) is 10.2 Å². The van der Waals surface area contributed by atoms with Crippen LogP contribution in [-0.2, 0) is 0 Å². The monoisotopic (exact) mass is 152 g/mol. The predicted molar refractivity (Wildman–Crippen MR) is 46.3 cm³/mol. The van der Waals surface area contributed by atoms with E-state index >= 15 is 0 Å². The lowest BCUT2D eigenvalue weighted by molar-refractivity contribution is 0.343. The number of rotatable bonds is 4. The minimum absolute atomic E-state index is 0.0601. The van der Waals surface area contributed by atoms with E-state index in [9.17, 15) is 0 Å². The zero-order chi connectivity index (χ0) is 8.36. The molecule has 0 saturated heterocycles. The summed E-state index contributed by atoms with van der Waals surface area (Å²) < 4.78 is 0. The van der Waals surface area contributed by atoms with Crippen molar-refractivity contribution >= 4 is 0 Å². The number of hydrogen-bond donors (Lipinski definition) is 2. The van der Waals surface area contributed by atoms with Gasteiger partial charge >= 0.3 is 0 Å². The fourth-order valence-electron chi connectivity index (χ4n) is 0.446. The van der Waals surface area contributed by atoms with Crippen molar-refractivity contribution in [1.29, 1.82) is 0 Å². The first-order valence-electron chi connectivity index (χ1n) is 3.32. The van der Waals surface area contributed by atoms with Gasteiger partial charge in [-0.25, -0.2) is 0 Å². The van der Waals surface area contributed by atoms with Gasteiger partial charge in [0.1, 0.15) is 0 Å². The summed E-state index contributed by atoms with van der Waals surface area (Å²) >= 11 is 0. The van der Waals surface area contributed by atoms with Crippen LogP contribution in [0.5, 0.6) is 0 Å². The molecule has 0 aromatic heterocycles. The Hall–Kier alpha value is -1.28. The molecule has 0 aromatic rings. The van der Waals surface area contributed by atoms with Crippen molar-refractivity contribution in [2.24, 2.45) is 0 Å². The molecule has 0 spiro atoms. The average molecular weight is 152 g/mol.